The van der Waals surface area contributed by atoms with Crippen LogP contribution in [0.3, 0.4) is 0 Å². The maximum absolute atomic E-state index is 8.67. The average molecular weight is 160 g/mol. The van der Waals surface area contributed by atoms with Gasteiger partial charge in [-0.15, -0.1) is 0 Å². The Morgan fingerprint density at radius 1 is 1.50 bits per heavy atom. The summed E-state index contributed by atoms with van der Waals surface area (Å²) < 4.78 is 0. The van der Waals surface area contributed by atoms with Crippen LogP contribution in [0.25, 0.3) is 0 Å². The van der Waals surface area contributed by atoms with Gasteiger partial charge in [-0.2, -0.15) is 5.26 Å². The van der Waals surface area contributed by atoms with Crippen molar-refractivity contribution >= 4 is 5.69 Å². The van der Waals surface area contributed by atoms with E-state index < -0.39 is 0 Å². The third-order valence-electron chi connectivity index (χ3n) is 1.73. The first-order chi connectivity index (χ1) is 5.77. The van der Waals surface area contributed by atoms with E-state index in [0.29, 0.717) is 0 Å². The van der Waals surface area contributed by atoms with Crippen molar-refractivity contribution in [1.82, 2.24) is 0 Å². The first-order valence-corrected chi connectivity index (χ1v) is 4.02. The summed E-state index contributed by atoms with van der Waals surface area (Å²) in [7, 11) is 0. The van der Waals surface area contributed by atoms with E-state index in [-0.39, 0.29) is 0 Å². The lowest BCUT2D eigenvalue weighted by Gasteiger charge is -2.04. The number of nitrogens with one attached hydrogen (secondary N) is 1. The van der Waals surface area contributed by atoms with Gasteiger partial charge >= 0.3 is 0 Å². The number of hydrogen-bond acceptors (Lipinski definition) is 2. The van der Waals surface area contributed by atoms with Crippen LogP contribution in [0.5, 0.6) is 0 Å². The molecule has 0 aliphatic rings. The number of nitriles is 1. The van der Waals surface area contributed by atoms with Crippen LogP contribution in [-0.2, 0) is 0 Å². The van der Waals surface area contributed by atoms with E-state index in [0.717, 1.165) is 23.4 Å². The van der Waals surface area contributed by atoms with Crippen molar-refractivity contribution in [3.05, 3.63) is 29.3 Å². The van der Waals surface area contributed by atoms with Crippen LogP contribution < -0.4 is 5.32 Å². The molecule has 1 N–H and O–H groups in total. The molecule has 1 rings (SSSR count). The zero-order chi connectivity index (χ0) is 8.97. The van der Waals surface area contributed by atoms with Gasteiger partial charge in [-0.25, -0.2) is 0 Å². The van der Waals surface area contributed by atoms with Crippen LogP contribution in [0.1, 0.15) is 18.1 Å². The predicted octanol–water partition coefficient (Wildman–Crippen LogP) is 2.30. The second kappa shape index (κ2) is 3.77. The molecule has 0 saturated heterocycles. The van der Waals surface area contributed by atoms with Gasteiger partial charge < -0.3 is 5.32 Å². The fraction of sp³-hybridized carbons (Fsp3) is 0.300. The molecule has 1 aromatic rings. The molecule has 0 aliphatic carbocycles. The minimum Gasteiger partial charge on any atom is -0.385 e. The molecule has 0 bridgehead atoms. The van der Waals surface area contributed by atoms with Crippen LogP contribution >= 0.6 is 0 Å². The summed E-state index contributed by atoms with van der Waals surface area (Å²) in [4.78, 5) is 0. The van der Waals surface area contributed by atoms with E-state index in [2.05, 4.69) is 11.4 Å². The number of hydrogen-bond donors (Lipinski definition) is 1. The number of anilines is 1. The van der Waals surface area contributed by atoms with E-state index in [9.17, 15) is 0 Å². The molecule has 0 fully saturated rings. The number of aryl methyl sites for hydroxylation is 1. The highest BCUT2D eigenvalue weighted by Crippen LogP contribution is 2.13. The van der Waals surface area contributed by atoms with Crippen molar-refractivity contribution in [3.63, 3.8) is 0 Å². The van der Waals surface area contributed by atoms with Crippen LogP contribution in [0.4, 0.5) is 5.69 Å². The highest BCUT2D eigenvalue weighted by Gasteiger charge is 1.96. The Kier molecular flexibility index (Phi) is 2.71. The Labute approximate surface area is 72.8 Å². The molecule has 0 radical (unpaired) electrons. The van der Waals surface area contributed by atoms with Gasteiger partial charge in [0, 0.05) is 12.2 Å². The van der Waals surface area contributed by atoms with Crippen LogP contribution in [0.2, 0.25) is 0 Å². The van der Waals surface area contributed by atoms with Crippen molar-refractivity contribution in [1.29, 1.82) is 5.26 Å². The summed E-state index contributed by atoms with van der Waals surface area (Å²) in [5.74, 6) is 0. The minimum atomic E-state index is 0.747. The van der Waals surface area contributed by atoms with Crippen molar-refractivity contribution < 1.29 is 0 Å². The van der Waals surface area contributed by atoms with Crippen molar-refractivity contribution in [3.8, 4) is 6.07 Å². The number of nitrogens with zero attached hydrogens (tertiary/aromatic N) is 1. The van der Waals surface area contributed by atoms with Gasteiger partial charge in [-0.05, 0) is 37.6 Å². The van der Waals surface area contributed by atoms with Gasteiger partial charge in [0.05, 0.1) is 11.6 Å². The van der Waals surface area contributed by atoms with Crippen molar-refractivity contribution in [2.45, 2.75) is 13.8 Å². The van der Waals surface area contributed by atoms with Gasteiger partial charge in [-0.3, -0.25) is 0 Å². The lowest BCUT2D eigenvalue weighted by Crippen LogP contribution is -1.96. The van der Waals surface area contributed by atoms with E-state index in [1.165, 1.54) is 0 Å². The molecule has 2 heteroatoms. The highest BCUT2D eigenvalue weighted by atomic mass is 14.8. The van der Waals surface area contributed by atoms with Crippen LogP contribution in [0, 0.1) is 18.3 Å². The van der Waals surface area contributed by atoms with E-state index in [4.69, 9.17) is 5.26 Å². The predicted molar refractivity (Wildman–Crippen MR) is 50.1 cm³/mol. The van der Waals surface area contributed by atoms with Crippen LogP contribution in [0.15, 0.2) is 18.2 Å². The maximum atomic E-state index is 8.67. The average Bonchev–Trinajstić information content (AvgIpc) is 2.05. The Morgan fingerprint density at radius 3 is 2.75 bits per heavy atom. The molecule has 1 aromatic carbocycles. The standard InChI is InChI=1S/C10H12N2/c1-3-12-10-5-4-9(7-11)8(2)6-10/h4-6,12H,3H2,1-2H3. The summed E-state index contributed by atoms with van der Waals surface area (Å²) in [5, 5.41) is 11.9. The third-order valence-corrected chi connectivity index (χ3v) is 1.73. The van der Waals surface area contributed by atoms with Crippen molar-refractivity contribution in [2.24, 2.45) is 0 Å². The second-order valence-electron chi connectivity index (χ2n) is 2.67. The lowest BCUT2D eigenvalue weighted by atomic mass is 10.1. The molecule has 0 aromatic heterocycles. The van der Waals surface area contributed by atoms with Crippen molar-refractivity contribution in [2.75, 3.05) is 11.9 Å². The summed E-state index contributed by atoms with van der Waals surface area (Å²) in [6.45, 7) is 4.90. The Hall–Kier alpha value is -1.49. The molecule has 0 saturated carbocycles. The SMILES string of the molecule is CCNc1ccc(C#N)c(C)c1. The van der Waals surface area contributed by atoms with Crippen LogP contribution in [-0.4, -0.2) is 6.54 Å². The fourth-order valence-electron chi connectivity index (χ4n) is 1.10. The zero-order valence-corrected chi connectivity index (χ0v) is 7.39. The molecule has 0 unspecified atom stereocenters. The Bertz CT molecular complexity index is 310. The fourth-order valence-corrected chi connectivity index (χ4v) is 1.10. The molecule has 0 heterocycles. The van der Waals surface area contributed by atoms with Gasteiger partial charge in [0.2, 0.25) is 0 Å². The minimum absolute atomic E-state index is 0.747. The summed E-state index contributed by atoms with van der Waals surface area (Å²) in [6, 6.07) is 7.89. The summed E-state index contributed by atoms with van der Waals surface area (Å²) in [6.07, 6.45) is 0. The first kappa shape index (κ1) is 8.61. The molecule has 12 heavy (non-hydrogen) atoms. The third kappa shape index (κ3) is 1.76. The Morgan fingerprint density at radius 2 is 2.25 bits per heavy atom. The summed E-state index contributed by atoms with van der Waals surface area (Å²) in [5.41, 5.74) is 2.85. The molecular weight excluding hydrogens is 148 g/mol. The van der Waals surface area contributed by atoms with Gasteiger partial charge in [0.15, 0.2) is 0 Å². The smallest absolute Gasteiger partial charge is 0.0994 e. The largest absolute Gasteiger partial charge is 0.385 e. The molecule has 0 aliphatic heterocycles. The Balaban J connectivity index is 2.96. The summed E-state index contributed by atoms with van der Waals surface area (Å²) >= 11 is 0. The van der Waals surface area contributed by atoms with Gasteiger partial charge in [0.1, 0.15) is 0 Å². The highest BCUT2D eigenvalue weighted by molar-refractivity contribution is 5.51. The van der Waals surface area contributed by atoms with E-state index in [1.54, 1.807) is 0 Å². The first-order valence-electron chi connectivity index (χ1n) is 4.02. The molecular formula is C10H12N2. The quantitative estimate of drug-likeness (QED) is 0.720. The van der Waals surface area contributed by atoms with E-state index >= 15 is 0 Å². The molecule has 62 valence electrons. The molecule has 0 atom stereocenters. The van der Waals surface area contributed by atoms with E-state index in [1.807, 2.05) is 32.0 Å². The van der Waals surface area contributed by atoms with Gasteiger partial charge in [-0.1, -0.05) is 0 Å². The number of benzene rings is 1. The monoisotopic (exact) mass is 160 g/mol. The van der Waals surface area contributed by atoms with Gasteiger partial charge in [0.25, 0.3) is 0 Å². The molecule has 0 spiro atoms. The molecule has 2 nitrogen and oxygen atoms in total. The zero-order valence-electron chi connectivity index (χ0n) is 7.39. The topological polar surface area (TPSA) is 35.8 Å². The number of rotatable bonds is 2. The second-order valence-corrected chi connectivity index (χ2v) is 2.67. The normalized spacial score (nSPS) is 9.08. The lowest BCUT2D eigenvalue weighted by molar-refractivity contribution is 1.21. The maximum Gasteiger partial charge on any atom is 0.0994 e. The molecule has 0 amide bonds.